The van der Waals surface area contributed by atoms with Crippen molar-refractivity contribution in [3.8, 4) is 11.1 Å². The molecule has 0 aliphatic carbocycles. The third-order valence-electron chi connectivity index (χ3n) is 5.18. The molecule has 2 heterocycles. The maximum Gasteiger partial charge on any atom is 0.410 e. The highest BCUT2D eigenvalue weighted by atomic mass is 16.6. The maximum absolute atomic E-state index is 12.3. The van der Waals surface area contributed by atoms with Crippen molar-refractivity contribution < 1.29 is 14.6 Å². The number of aliphatic hydroxyl groups excluding tert-OH is 1. The summed E-state index contributed by atoms with van der Waals surface area (Å²) in [5.74, 6) is 0. The standard InChI is InChI=1S/C21H26N2O4.C3H8/c1-15(23-12-10-19(4-3-13-24)27-21(23)26)16-5-7-17(8-6-16)18-9-11-22(2)20(25)14-18;1-3-2/h5-9,11,14-15,19,24H,3-4,10,12-13H2,1-2H3;3H2,1-2H3. The van der Waals surface area contributed by atoms with E-state index in [2.05, 4.69) is 13.8 Å². The number of aryl methyl sites for hydroxylation is 1. The molecule has 2 unspecified atom stereocenters. The van der Waals surface area contributed by atoms with Crippen LogP contribution in [0.25, 0.3) is 11.1 Å². The minimum atomic E-state index is -0.299. The molecule has 1 aromatic carbocycles. The summed E-state index contributed by atoms with van der Waals surface area (Å²) < 4.78 is 7.04. The minimum absolute atomic E-state index is 0.0447. The van der Waals surface area contributed by atoms with Crippen LogP contribution in [0.15, 0.2) is 47.4 Å². The number of nitrogens with zero attached hydrogens (tertiary/aromatic N) is 2. The predicted octanol–water partition coefficient (Wildman–Crippen LogP) is 4.51. The number of hydrogen-bond donors (Lipinski definition) is 1. The summed E-state index contributed by atoms with van der Waals surface area (Å²) in [6.07, 6.45) is 4.74. The number of ether oxygens (including phenoxy) is 1. The summed E-state index contributed by atoms with van der Waals surface area (Å²) in [7, 11) is 1.73. The number of carbonyl (C=O) groups is 1. The van der Waals surface area contributed by atoms with E-state index in [9.17, 15) is 9.59 Å². The normalized spacial score (nSPS) is 17.0. The molecule has 2 atom stereocenters. The number of cyclic esters (lactones) is 1. The van der Waals surface area contributed by atoms with Gasteiger partial charge in [-0.05, 0) is 42.5 Å². The Bertz CT molecular complexity index is 860. The van der Waals surface area contributed by atoms with Gasteiger partial charge in [-0.25, -0.2) is 4.79 Å². The van der Waals surface area contributed by atoms with Crippen molar-refractivity contribution in [1.82, 2.24) is 9.47 Å². The van der Waals surface area contributed by atoms with Crippen LogP contribution in [0.4, 0.5) is 4.79 Å². The second-order valence-corrected chi connectivity index (χ2v) is 7.72. The van der Waals surface area contributed by atoms with E-state index in [1.807, 2.05) is 37.3 Å². The van der Waals surface area contributed by atoms with Crippen LogP contribution in [0.1, 0.15) is 58.1 Å². The summed E-state index contributed by atoms with van der Waals surface area (Å²) in [4.78, 5) is 25.9. The molecule has 164 valence electrons. The lowest BCUT2D eigenvalue weighted by molar-refractivity contribution is 0.00760. The number of benzene rings is 1. The number of hydrogen-bond acceptors (Lipinski definition) is 4. The third-order valence-corrected chi connectivity index (χ3v) is 5.18. The molecule has 2 aromatic rings. The van der Waals surface area contributed by atoms with E-state index in [1.165, 1.54) is 11.0 Å². The van der Waals surface area contributed by atoms with Crippen LogP contribution in [0.3, 0.4) is 0 Å². The zero-order valence-corrected chi connectivity index (χ0v) is 18.5. The molecule has 6 heteroatoms. The van der Waals surface area contributed by atoms with Gasteiger partial charge in [0.1, 0.15) is 6.10 Å². The van der Waals surface area contributed by atoms with Crippen molar-refractivity contribution in [3.05, 3.63) is 58.5 Å². The predicted molar refractivity (Wildman–Crippen MR) is 119 cm³/mol. The number of carbonyl (C=O) groups excluding carboxylic acids is 1. The van der Waals surface area contributed by atoms with Crippen molar-refractivity contribution in [2.24, 2.45) is 7.05 Å². The highest BCUT2D eigenvalue weighted by molar-refractivity contribution is 5.69. The van der Waals surface area contributed by atoms with Crippen molar-refractivity contribution in [1.29, 1.82) is 0 Å². The van der Waals surface area contributed by atoms with Crippen molar-refractivity contribution in [2.75, 3.05) is 13.2 Å². The first-order chi connectivity index (χ1) is 14.4. The fourth-order valence-corrected chi connectivity index (χ4v) is 3.38. The van der Waals surface area contributed by atoms with Gasteiger partial charge in [-0.15, -0.1) is 0 Å². The van der Waals surface area contributed by atoms with Gasteiger partial charge in [0.05, 0.1) is 6.04 Å². The molecular formula is C24H34N2O4. The first-order valence-electron chi connectivity index (χ1n) is 10.8. The second kappa shape index (κ2) is 11.6. The van der Waals surface area contributed by atoms with Crippen molar-refractivity contribution in [2.45, 2.75) is 58.6 Å². The van der Waals surface area contributed by atoms with Gasteiger partial charge in [-0.2, -0.15) is 0 Å². The topological polar surface area (TPSA) is 71.8 Å². The molecule has 1 N–H and O–H groups in total. The average Bonchev–Trinajstić information content (AvgIpc) is 2.74. The van der Waals surface area contributed by atoms with Crippen LogP contribution in [0.2, 0.25) is 0 Å². The molecule has 0 saturated carbocycles. The molecule has 1 aliphatic heterocycles. The molecule has 0 radical (unpaired) electrons. The summed E-state index contributed by atoms with van der Waals surface area (Å²) in [5, 5.41) is 8.92. The Kier molecular flexibility index (Phi) is 9.12. The largest absolute Gasteiger partial charge is 0.446 e. The van der Waals surface area contributed by atoms with Crippen LogP contribution in [0.5, 0.6) is 0 Å². The van der Waals surface area contributed by atoms with Gasteiger partial charge in [0, 0.05) is 38.9 Å². The van der Waals surface area contributed by atoms with E-state index in [0.29, 0.717) is 19.4 Å². The lowest BCUT2D eigenvalue weighted by Crippen LogP contribution is -2.43. The van der Waals surface area contributed by atoms with E-state index >= 15 is 0 Å². The zero-order chi connectivity index (χ0) is 22.1. The fraction of sp³-hybridized carbons (Fsp3) is 0.500. The van der Waals surface area contributed by atoms with Crippen LogP contribution >= 0.6 is 0 Å². The molecular weight excluding hydrogens is 380 g/mol. The third kappa shape index (κ3) is 6.20. The minimum Gasteiger partial charge on any atom is -0.446 e. The van der Waals surface area contributed by atoms with Gasteiger partial charge < -0.3 is 19.3 Å². The van der Waals surface area contributed by atoms with Crippen LogP contribution in [-0.4, -0.2) is 39.9 Å². The number of rotatable bonds is 6. The summed E-state index contributed by atoms with van der Waals surface area (Å²) in [6, 6.07) is 11.4. The van der Waals surface area contributed by atoms with Crippen LogP contribution < -0.4 is 5.56 Å². The molecule has 1 aliphatic rings. The van der Waals surface area contributed by atoms with E-state index in [-0.39, 0.29) is 30.4 Å². The number of aliphatic hydroxyl groups is 1. The van der Waals surface area contributed by atoms with Crippen LogP contribution in [-0.2, 0) is 11.8 Å². The van der Waals surface area contributed by atoms with Gasteiger partial charge in [0.25, 0.3) is 5.56 Å². The Morgan fingerprint density at radius 1 is 1.13 bits per heavy atom. The smallest absolute Gasteiger partial charge is 0.410 e. The molecule has 1 aromatic heterocycles. The van der Waals surface area contributed by atoms with Gasteiger partial charge in [-0.1, -0.05) is 44.5 Å². The quantitative estimate of drug-likeness (QED) is 0.755. The summed E-state index contributed by atoms with van der Waals surface area (Å²) >= 11 is 0. The second-order valence-electron chi connectivity index (χ2n) is 7.72. The molecule has 0 bridgehead atoms. The van der Waals surface area contributed by atoms with Gasteiger partial charge in [0.2, 0.25) is 0 Å². The molecule has 3 rings (SSSR count). The Morgan fingerprint density at radius 2 is 1.80 bits per heavy atom. The van der Waals surface area contributed by atoms with E-state index in [0.717, 1.165) is 23.1 Å². The molecule has 1 saturated heterocycles. The fourth-order valence-electron chi connectivity index (χ4n) is 3.38. The average molecular weight is 415 g/mol. The Balaban J connectivity index is 0.00000101. The summed E-state index contributed by atoms with van der Waals surface area (Å²) in [5.41, 5.74) is 2.82. The van der Waals surface area contributed by atoms with Crippen molar-refractivity contribution >= 4 is 6.09 Å². The number of amides is 1. The molecule has 30 heavy (non-hydrogen) atoms. The van der Waals surface area contributed by atoms with Gasteiger partial charge in [-0.3, -0.25) is 4.79 Å². The van der Waals surface area contributed by atoms with E-state index < -0.39 is 0 Å². The van der Waals surface area contributed by atoms with E-state index in [1.54, 1.807) is 24.2 Å². The highest BCUT2D eigenvalue weighted by Gasteiger charge is 2.30. The Hall–Kier alpha value is -2.60. The first kappa shape index (κ1) is 23.7. The zero-order valence-electron chi connectivity index (χ0n) is 18.5. The molecule has 0 spiro atoms. The summed E-state index contributed by atoms with van der Waals surface area (Å²) in [6.45, 7) is 7.00. The maximum atomic E-state index is 12.3. The monoisotopic (exact) mass is 414 g/mol. The number of aromatic nitrogens is 1. The molecule has 6 nitrogen and oxygen atoms in total. The van der Waals surface area contributed by atoms with Crippen molar-refractivity contribution in [3.63, 3.8) is 0 Å². The highest BCUT2D eigenvalue weighted by Crippen LogP contribution is 2.28. The Labute approximate surface area is 179 Å². The number of pyridine rings is 1. The van der Waals surface area contributed by atoms with Gasteiger partial charge in [0.15, 0.2) is 0 Å². The molecule has 1 amide bonds. The van der Waals surface area contributed by atoms with Crippen LogP contribution in [0, 0.1) is 0 Å². The lowest BCUT2D eigenvalue weighted by atomic mass is 10.0. The SMILES string of the molecule is CC(c1ccc(-c2ccn(C)c(=O)c2)cc1)N1CCC(CCCO)OC1=O.CCC. The Morgan fingerprint density at radius 3 is 2.37 bits per heavy atom. The van der Waals surface area contributed by atoms with E-state index in [4.69, 9.17) is 9.84 Å². The van der Waals surface area contributed by atoms with Gasteiger partial charge >= 0.3 is 6.09 Å². The molecule has 1 fully saturated rings. The first-order valence-corrected chi connectivity index (χ1v) is 10.8. The lowest BCUT2D eigenvalue weighted by Gasteiger charge is -2.35.